The fourth-order valence-electron chi connectivity index (χ4n) is 4.67. The highest BCUT2D eigenvalue weighted by Crippen LogP contribution is 2.39. The summed E-state index contributed by atoms with van der Waals surface area (Å²) in [6.07, 6.45) is 8.15. The first kappa shape index (κ1) is 24.8. The third kappa shape index (κ3) is 5.48. The second-order valence-electron chi connectivity index (χ2n) is 9.68. The molecule has 1 aromatic carbocycles. The van der Waals surface area contributed by atoms with E-state index in [9.17, 15) is 4.57 Å². The summed E-state index contributed by atoms with van der Waals surface area (Å²) in [5, 5.41) is 12.7. The van der Waals surface area contributed by atoms with Gasteiger partial charge in [0.25, 0.3) is 0 Å². The van der Waals surface area contributed by atoms with E-state index in [1.165, 1.54) is 12.8 Å². The first-order valence-electron chi connectivity index (χ1n) is 11.7. The van der Waals surface area contributed by atoms with Crippen molar-refractivity contribution >= 4 is 46.9 Å². The van der Waals surface area contributed by atoms with Crippen LogP contribution in [0.2, 0.25) is 5.02 Å². The smallest absolute Gasteiger partial charge is 0.132 e. The van der Waals surface area contributed by atoms with Crippen LogP contribution in [-0.4, -0.2) is 53.1 Å². The Morgan fingerprint density at radius 2 is 1.74 bits per heavy atom. The van der Waals surface area contributed by atoms with E-state index in [4.69, 9.17) is 16.7 Å². The van der Waals surface area contributed by atoms with Crippen molar-refractivity contribution in [3.63, 3.8) is 0 Å². The quantitative estimate of drug-likeness (QED) is 0.386. The van der Waals surface area contributed by atoms with Crippen molar-refractivity contribution in [3.8, 4) is 0 Å². The van der Waals surface area contributed by atoms with Gasteiger partial charge in [-0.15, -0.1) is 0 Å². The Hall–Kier alpha value is -2.34. The summed E-state index contributed by atoms with van der Waals surface area (Å²) < 4.78 is 14.9. The molecule has 0 radical (unpaired) electrons. The minimum atomic E-state index is -2.45. The molecule has 0 atom stereocenters. The number of nitrogens with one attached hydrogen (secondary N) is 2. The summed E-state index contributed by atoms with van der Waals surface area (Å²) in [5.74, 6) is 0.666. The van der Waals surface area contributed by atoms with Crippen molar-refractivity contribution in [2.24, 2.45) is 0 Å². The fourth-order valence-corrected chi connectivity index (χ4v) is 5.97. The summed E-state index contributed by atoms with van der Waals surface area (Å²) in [7, 11) is 1.87. The third-order valence-corrected chi connectivity index (χ3v) is 8.51. The number of para-hydroxylation sites is 1. The average Bonchev–Trinajstić information content (AvgIpc) is 3.15. The van der Waals surface area contributed by atoms with Gasteiger partial charge in [-0.05, 0) is 72.2 Å². The maximum atomic E-state index is 12.7. The molecule has 1 saturated carbocycles. The molecule has 0 aliphatic heterocycles. The summed E-state index contributed by atoms with van der Waals surface area (Å²) in [5.41, 5.74) is 3.52. The molecular weight excluding hydrogens is 467 g/mol. The van der Waals surface area contributed by atoms with Gasteiger partial charge in [0.15, 0.2) is 0 Å². The summed E-state index contributed by atoms with van der Waals surface area (Å²) in [4.78, 5) is 6.79. The van der Waals surface area contributed by atoms with Gasteiger partial charge in [-0.3, -0.25) is 4.68 Å². The fraction of sp³-hybridized carbons (Fsp3) is 0.440. The molecule has 7 nitrogen and oxygen atoms in total. The second kappa shape index (κ2) is 10.1. The number of hydrogen-bond donors (Lipinski definition) is 2. The molecule has 0 unspecified atom stereocenters. The van der Waals surface area contributed by atoms with Crippen molar-refractivity contribution in [3.05, 3.63) is 53.4 Å². The second-order valence-corrected chi connectivity index (χ2v) is 13.3. The summed E-state index contributed by atoms with van der Waals surface area (Å²) in [6.45, 7) is 5.63. The number of aromatic nitrogens is 3. The van der Waals surface area contributed by atoms with Crippen LogP contribution in [0.3, 0.4) is 0 Å². The SMILES string of the molecule is Cc1c(Nc2cc(Nc3ccccc3P(C)(C)=O)c(Cl)cn2)cnn1[C@H]1CC[C@@H](N(C)C)CC1. The van der Waals surface area contributed by atoms with Crippen molar-refractivity contribution in [1.82, 2.24) is 19.7 Å². The summed E-state index contributed by atoms with van der Waals surface area (Å²) in [6, 6.07) is 10.6. The van der Waals surface area contributed by atoms with E-state index < -0.39 is 7.14 Å². The Morgan fingerprint density at radius 1 is 1.03 bits per heavy atom. The monoisotopic (exact) mass is 500 g/mol. The highest BCUT2D eigenvalue weighted by molar-refractivity contribution is 7.70. The van der Waals surface area contributed by atoms with Crippen LogP contribution in [0.25, 0.3) is 0 Å². The Bertz CT molecular complexity index is 1200. The van der Waals surface area contributed by atoms with Gasteiger partial charge in [-0.1, -0.05) is 23.7 Å². The number of pyridine rings is 1. The van der Waals surface area contributed by atoms with Gasteiger partial charge in [-0.25, -0.2) is 4.98 Å². The van der Waals surface area contributed by atoms with Crippen molar-refractivity contribution in [2.45, 2.75) is 44.7 Å². The first-order valence-corrected chi connectivity index (χ1v) is 14.7. The third-order valence-electron chi connectivity index (χ3n) is 6.66. The van der Waals surface area contributed by atoms with E-state index in [0.29, 0.717) is 28.6 Å². The van der Waals surface area contributed by atoms with E-state index >= 15 is 0 Å². The Kier molecular flexibility index (Phi) is 7.36. The highest BCUT2D eigenvalue weighted by atomic mass is 35.5. The zero-order valence-electron chi connectivity index (χ0n) is 20.5. The maximum Gasteiger partial charge on any atom is 0.132 e. The number of benzene rings is 1. The molecule has 3 aromatic rings. The molecule has 1 aliphatic carbocycles. The molecule has 0 amide bonds. The molecule has 2 N–H and O–H groups in total. The molecule has 0 spiro atoms. The Balaban J connectivity index is 1.51. The van der Waals surface area contributed by atoms with E-state index in [-0.39, 0.29) is 0 Å². The Morgan fingerprint density at radius 3 is 2.41 bits per heavy atom. The number of rotatable bonds is 7. The van der Waals surface area contributed by atoms with Gasteiger partial charge in [0, 0.05) is 23.1 Å². The van der Waals surface area contributed by atoms with E-state index in [1.54, 1.807) is 19.5 Å². The molecule has 1 fully saturated rings. The van der Waals surface area contributed by atoms with Crippen LogP contribution in [0, 0.1) is 6.92 Å². The number of hydrogen-bond acceptors (Lipinski definition) is 6. The zero-order valence-corrected chi connectivity index (χ0v) is 22.2. The minimum absolute atomic E-state index is 0.428. The van der Waals surface area contributed by atoms with E-state index in [1.807, 2.05) is 36.5 Å². The normalized spacial score (nSPS) is 18.8. The predicted octanol–water partition coefficient (Wildman–Crippen LogP) is 6.02. The molecule has 2 heterocycles. The van der Waals surface area contributed by atoms with Crippen LogP contribution < -0.4 is 15.9 Å². The summed E-state index contributed by atoms with van der Waals surface area (Å²) >= 11 is 6.44. The molecule has 0 bridgehead atoms. The van der Waals surface area contributed by atoms with E-state index in [0.717, 1.165) is 35.2 Å². The lowest BCUT2D eigenvalue weighted by atomic mass is 9.90. The topological polar surface area (TPSA) is 75.1 Å². The van der Waals surface area contributed by atoms with Gasteiger partial charge in [0.05, 0.1) is 40.5 Å². The van der Waals surface area contributed by atoms with Crippen LogP contribution in [-0.2, 0) is 4.57 Å². The molecule has 4 rings (SSSR count). The van der Waals surface area contributed by atoms with Gasteiger partial charge >= 0.3 is 0 Å². The molecule has 0 saturated heterocycles. The largest absolute Gasteiger partial charge is 0.354 e. The number of nitrogens with zero attached hydrogens (tertiary/aromatic N) is 4. The molecule has 182 valence electrons. The maximum absolute atomic E-state index is 12.7. The standard InChI is InChI=1S/C25H34ClN6OP/c1-17-23(16-28-32(17)19-12-10-18(11-13-19)31(2)3)30-25-14-22(20(26)15-27-25)29-21-8-6-7-9-24(21)34(4,5)33/h6-9,14-16,18-19H,10-13H2,1-5H3,(H2,27,29,30)/t18-,19+. The van der Waals surface area contributed by atoms with Crippen LogP contribution in [0.5, 0.6) is 0 Å². The van der Waals surface area contributed by atoms with Gasteiger partial charge in [0.2, 0.25) is 0 Å². The predicted molar refractivity (Wildman–Crippen MR) is 143 cm³/mol. The van der Waals surface area contributed by atoms with Crippen molar-refractivity contribution in [2.75, 3.05) is 38.1 Å². The lowest BCUT2D eigenvalue weighted by molar-refractivity contribution is 0.188. The number of halogens is 1. The molecule has 2 aromatic heterocycles. The lowest BCUT2D eigenvalue weighted by Crippen LogP contribution is -2.33. The minimum Gasteiger partial charge on any atom is -0.354 e. The number of anilines is 4. The van der Waals surface area contributed by atoms with Crippen molar-refractivity contribution < 1.29 is 4.57 Å². The van der Waals surface area contributed by atoms with E-state index in [2.05, 4.69) is 46.2 Å². The Labute approximate surface area is 207 Å². The van der Waals surface area contributed by atoms with Gasteiger partial charge in [-0.2, -0.15) is 5.10 Å². The van der Waals surface area contributed by atoms with Crippen LogP contribution in [0.15, 0.2) is 42.7 Å². The highest BCUT2D eigenvalue weighted by Gasteiger charge is 2.25. The molecule has 1 aliphatic rings. The first-order chi connectivity index (χ1) is 16.1. The zero-order chi connectivity index (χ0) is 24.5. The lowest BCUT2D eigenvalue weighted by Gasteiger charge is -2.33. The van der Waals surface area contributed by atoms with Gasteiger partial charge in [0.1, 0.15) is 13.0 Å². The average molecular weight is 501 g/mol. The van der Waals surface area contributed by atoms with Crippen LogP contribution in [0.4, 0.5) is 22.9 Å². The van der Waals surface area contributed by atoms with Crippen LogP contribution >= 0.6 is 18.7 Å². The van der Waals surface area contributed by atoms with Crippen LogP contribution in [0.1, 0.15) is 37.4 Å². The van der Waals surface area contributed by atoms with Crippen molar-refractivity contribution in [1.29, 1.82) is 0 Å². The molecule has 34 heavy (non-hydrogen) atoms. The molecule has 9 heteroatoms. The van der Waals surface area contributed by atoms with Gasteiger partial charge < -0.3 is 20.1 Å². The molecular formula is C25H34ClN6OP.